The van der Waals surface area contributed by atoms with Crippen LogP contribution in [0.1, 0.15) is 5.56 Å². The van der Waals surface area contributed by atoms with E-state index in [1.54, 1.807) is 6.07 Å². The topological polar surface area (TPSA) is 96.7 Å². The molecule has 0 atom stereocenters. The van der Waals surface area contributed by atoms with Gasteiger partial charge >= 0.3 is 11.4 Å². The summed E-state index contributed by atoms with van der Waals surface area (Å²) in [4.78, 5) is 22.9. The molecule has 0 radical (unpaired) electrons. The van der Waals surface area contributed by atoms with Crippen molar-refractivity contribution in [2.75, 3.05) is 0 Å². The minimum absolute atomic E-state index is 0.189. The number of benzene rings is 1. The summed E-state index contributed by atoms with van der Waals surface area (Å²) in [5, 5.41) is 4.53. The van der Waals surface area contributed by atoms with E-state index in [1.165, 1.54) is 12.1 Å². The summed E-state index contributed by atoms with van der Waals surface area (Å²) < 4.78 is 0.881. The normalized spacial score (nSPS) is 10.4. The Morgan fingerprint density at radius 2 is 1.88 bits per heavy atom. The SMILES string of the molecule is NC(=S)c1ccc(-n2c(=O)[nH][nH]c2=O)c(Cl)c1. The molecule has 1 aromatic carbocycles. The van der Waals surface area contributed by atoms with Gasteiger partial charge in [-0.1, -0.05) is 23.8 Å². The van der Waals surface area contributed by atoms with Crippen molar-refractivity contribution in [1.82, 2.24) is 14.8 Å². The van der Waals surface area contributed by atoms with Crippen molar-refractivity contribution in [2.45, 2.75) is 0 Å². The Balaban J connectivity index is 2.67. The first-order valence-electron chi connectivity index (χ1n) is 4.50. The van der Waals surface area contributed by atoms with Crippen LogP contribution in [0.3, 0.4) is 0 Å². The molecule has 6 nitrogen and oxygen atoms in total. The van der Waals surface area contributed by atoms with Crippen molar-refractivity contribution in [3.05, 3.63) is 49.8 Å². The maximum absolute atomic E-state index is 11.4. The number of nitrogens with zero attached hydrogens (tertiary/aromatic N) is 1. The van der Waals surface area contributed by atoms with Crippen LogP contribution in [0, 0.1) is 0 Å². The lowest BCUT2D eigenvalue weighted by Gasteiger charge is -2.04. The van der Waals surface area contributed by atoms with Gasteiger partial charge in [0.15, 0.2) is 0 Å². The van der Waals surface area contributed by atoms with E-state index in [0.717, 1.165) is 4.57 Å². The molecule has 1 aromatic heterocycles. The Bertz CT molecular complexity index is 672. The molecule has 2 rings (SSSR count). The number of rotatable bonds is 2. The smallest absolute Gasteiger partial charge is 0.349 e. The monoisotopic (exact) mass is 270 g/mol. The lowest BCUT2D eigenvalue weighted by atomic mass is 10.2. The van der Waals surface area contributed by atoms with Crippen molar-refractivity contribution >= 4 is 28.8 Å². The second kappa shape index (κ2) is 4.19. The average Bonchev–Trinajstić information content (AvgIpc) is 2.59. The summed E-state index contributed by atoms with van der Waals surface area (Å²) in [5.41, 5.74) is 5.07. The number of nitrogens with two attached hydrogens (primary N) is 1. The van der Waals surface area contributed by atoms with Gasteiger partial charge in [0.05, 0.1) is 10.7 Å². The quantitative estimate of drug-likeness (QED) is 0.677. The number of H-pyrrole nitrogens is 2. The van der Waals surface area contributed by atoms with Gasteiger partial charge in [-0.3, -0.25) is 0 Å². The van der Waals surface area contributed by atoms with Crippen molar-refractivity contribution in [3.8, 4) is 5.69 Å². The van der Waals surface area contributed by atoms with Gasteiger partial charge in [-0.2, -0.15) is 0 Å². The molecule has 0 saturated heterocycles. The summed E-state index contributed by atoms with van der Waals surface area (Å²) >= 11 is 10.8. The summed E-state index contributed by atoms with van der Waals surface area (Å²) in [6.45, 7) is 0. The zero-order valence-electron chi connectivity index (χ0n) is 8.36. The number of halogens is 1. The number of hydrogen-bond donors (Lipinski definition) is 3. The number of thiocarbonyl (C=S) groups is 1. The highest BCUT2D eigenvalue weighted by Gasteiger charge is 2.10. The van der Waals surface area contributed by atoms with Crippen molar-refractivity contribution in [2.24, 2.45) is 5.73 Å². The highest BCUT2D eigenvalue weighted by molar-refractivity contribution is 7.80. The fraction of sp³-hybridized carbons (Fsp3) is 0. The van der Waals surface area contributed by atoms with Crippen LogP contribution in [0.4, 0.5) is 0 Å². The predicted molar refractivity (Wildman–Crippen MR) is 67.9 cm³/mol. The molecule has 0 aliphatic carbocycles. The Labute approximate surface area is 105 Å². The molecule has 17 heavy (non-hydrogen) atoms. The van der Waals surface area contributed by atoms with Crippen LogP contribution in [0.25, 0.3) is 5.69 Å². The van der Waals surface area contributed by atoms with E-state index in [1.807, 2.05) is 0 Å². The van der Waals surface area contributed by atoms with E-state index < -0.39 is 11.4 Å². The van der Waals surface area contributed by atoms with Gasteiger partial charge in [0.25, 0.3) is 0 Å². The molecule has 0 fully saturated rings. The van der Waals surface area contributed by atoms with Crippen LogP contribution in [0.2, 0.25) is 5.02 Å². The standard InChI is InChI=1S/C9H7ClN4O2S/c10-5-3-4(7(11)17)1-2-6(5)14-8(15)12-13-9(14)16/h1-3H,(H2,11,17)(H,12,15)(H,13,16). The highest BCUT2D eigenvalue weighted by atomic mass is 35.5. The van der Waals surface area contributed by atoms with Crippen LogP contribution in [0.15, 0.2) is 27.8 Å². The average molecular weight is 271 g/mol. The molecular formula is C9H7ClN4O2S. The van der Waals surface area contributed by atoms with Crippen LogP contribution in [-0.2, 0) is 0 Å². The minimum Gasteiger partial charge on any atom is -0.389 e. The second-order valence-electron chi connectivity index (χ2n) is 3.23. The van der Waals surface area contributed by atoms with Crippen LogP contribution in [-0.4, -0.2) is 19.8 Å². The molecule has 0 saturated carbocycles. The minimum atomic E-state index is -0.597. The Hall–Kier alpha value is -1.86. The van der Waals surface area contributed by atoms with Crippen LogP contribution in [0.5, 0.6) is 0 Å². The van der Waals surface area contributed by atoms with Gasteiger partial charge in [0.1, 0.15) is 4.99 Å². The third-order valence-corrected chi connectivity index (χ3v) is 2.69. The van der Waals surface area contributed by atoms with Gasteiger partial charge in [0, 0.05) is 5.56 Å². The second-order valence-corrected chi connectivity index (χ2v) is 4.07. The lowest BCUT2D eigenvalue weighted by molar-refractivity contribution is 0.952. The summed E-state index contributed by atoms with van der Waals surface area (Å²) in [7, 11) is 0. The van der Waals surface area contributed by atoms with Gasteiger partial charge in [-0.25, -0.2) is 24.4 Å². The number of aromatic nitrogens is 3. The first-order valence-corrected chi connectivity index (χ1v) is 5.29. The van der Waals surface area contributed by atoms with Crippen molar-refractivity contribution in [3.63, 3.8) is 0 Å². The highest BCUT2D eigenvalue weighted by Crippen LogP contribution is 2.19. The Morgan fingerprint density at radius 1 is 1.29 bits per heavy atom. The molecule has 0 amide bonds. The van der Waals surface area contributed by atoms with Gasteiger partial charge in [-0.05, 0) is 18.2 Å². The van der Waals surface area contributed by atoms with E-state index >= 15 is 0 Å². The molecule has 0 aliphatic rings. The molecule has 1 heterocycles. The molecule has 8 heteroatoms. The molecule has 2 aromatic rings. The third-order valence-electron chi connectivity index (χ3n) is 2.16. The Kier molecular flexibility index (Phi) is 2.86. The predicted octanol–water partition coefficient (Wildman–Crippen LogP) is 0.142. The van der Waals surface area contributed by atoms with E-state index in [0.29, 0.717) is 5.56 Å². The number of nitrogens with one attached hydrogen (secondary N) is 2. The largest absolute Gasteiger partial charge is 0.389 e. The fourth-order valence-electron chi connectivity index (χ4n) is 1.37. The zero-order valence-corrected chi connectivity index (χ0v) is 9.93. The lowest BCUT2D eigenvalue weighted by Crippen LogP contribution is -2.25. The van der Waals surface area contributed by atoms with Crippen molar-refractivity contribution in [1.29, 1.82) is 0 Å². The van der Waals surface area contributed by atoms with Gasteiger partial charge in [-0.15, -0.1) is 0 Å². The number of aromatic amines is 2. The first-order chi connectivity index (χ1) is 8.00. The molecule has 0 aliphatic heterocycles. The molecule has 4 N–H and O–H groups in total. The van der Waals surface area contributed by atoms with Gasteiger partial charge in [0.2, 0.25) is 0 Å². The number of hydrogen-bond acceptors (Lipinski definition) is 3. The van der Waals surface area contributed by atoms with E-state index in [2.05, 4.69) is 10.2 Å². The maximum atomic E-state index is 11.4. The molecule has 0 unspecified atom stereocenters. The molecular weight excluding hydrogens is 264 g/mol. The van der Waals surface area contributed by atoms with Crippen molar-refractivity contribution < 1.29 is 0 Å². The summed E-state index contributed by atoms with van der Waals surface area (Å²) in [6.07, 6.45) is 0. The zero-order chi connectivity index (χ0) is 12.6. The summed E-state index contributed by atoms with van der Waals surface area (Å²) in [6, 6.07) is 4.59. The van der Waals surface area contributed by atoms with E-state index in [-0.39, 0.29) is 15.7 Å². The maximum Gasteiger partial charge on any atom is 0.349 e. The third kappa shape index (κ3) is 2.02. The summed E-state index contributed by atoms with van der Waals surface area (Å²) in [5.74, 6) is 0. The van der Waals surface area contributed by atoms with Crippen LogP contribution < -0.4 is 17.1 Å². The Morgan fingerprint density at radius 3 is 2.35 bits per heavy atom. The van der Waals surface area contributed by atoms with E-state index in [9.17, 15) is 9.59 Å². The first kappa shape index (κ1) is 11.6. The van der Waals surface area contributed by atoms with Crippen LogP contribution >= 0.6 is 23.8 Å². The molecule has 0 spiro atoms. The fourth-order valence-corrected chi connectivity index (χ4v) is 1.76. The van der Waals surface area contributed by atoms with E-state index in [4.69, 9.17) is 29.6 Å². The molecule has 88 valence electrons. The molecule has 0 bridgehead atoms. The van der Waals surface area contributed by atoms with Gasteiger partial charge < -0.3 is 5.73 Å².